The molecule has 9 nitrogen and oxygen atoms in total. The number of nitrogens with one attached hydrogen (secondary N) is 1. The van der Waals surface area contributed by atoms with Crippen molar-refractivity contribution in [3.05, 3.63) is 69.8 Å². The highest BCUT2D eigenvalue weighted by Crippen LogP contribution is 2.35. The Balaban J connectivity index is 1.73. The average molecular weight is 424 g/mol. The number of hydrogen-bond donors (Lipinski definition) is 1. The molecule has 2 aromatic heterocycles. The predicted molar refractivity (Wildman–Crippen MR) is 113 cm³/mol. The first-order valence-corrected chi connectivity index (χ1v) is 9.63. The molecule has 0 saturated carbocycles. The maximum absolute atomic E-state index is 13.0. The molecule has 30 heavy (non-hydrogen) atoms. The number of thiazole rings is 1. The van der Waals surface area contributed by atoms with Crippen LogP contribution in [0.2, 0.25) is 0 Å². The van der Waals surface area contributed by atoms with Crippen LogP contribution < -0.4 is 14.8 Å². The Morgan fingerprint density at radius 2 is 1.93 bits per heavy atom. The van der Waals surface area contributed by atoms with Crippen LogP contribution in [0.15, 0.2) is 54.2 Å². The van der Waals surface area contributed by atoms with Crippen LogP contribution in [-0.2, 0) is 0 Å². The van der Waals surface area contributed by atoms with E-state index in [0.717, 1.165) is 4.96 Å². The van der Waals surface area contributed by atoms with Gasteiger partial charge in [-0.15, -0.1) is 11.3 Å². The number of anilines is 1. The molecule has 0 aliphatic carbocycles. The second kappa shape index (κ2) is 7.84. The Hall–Kier alpha value is -3.92. The molecule has 10 heteroatoms. The zero-order valence-electron chi connectivity index (χ0n) is 16.0. The molecule has 0 fully saturated rings. The SMILES string of the molecule is COc1cc(C(=O)Nc2ccccc2-c2cn3ccsc3n2)c([N+](=O)[O-])cc1OC. The number of carbonyl (C=O) groups is 1. The lowest BCUT2D eigenvalue weighted by atomic mass is 10.1. The van der Waals surface area contributed by atoms with Gasteiger partial charge in [-0.25, -0.2) is 4.98 Å². The molecule has 0 spiro atoms. The molecule has 0 saturated heterocycles. The van der Waals surface area contributed by atoms with Gasteiger partial charge in [-0.1, -0.05) is 18.2 Å². The Morgan fingerprint density at radius 1 is 1.20 bits per heavy atom. The van der Waals surface area contributed by atoms with Crippen LogP contribution in [0.25, 0.3) is 16.2 Å². The number of methoxy groups -OCH3 is 2. The first kappa shape index (κ1) is 19.4. The number of carbonyl (C=O) groups excluding carboxylic acids is 1. The van der Waals surface area contributed by atoms with Crippen molar-refractivity contribution in [3.8, 4) is 22.8 Å². The van der Waals surface area contributed by atoms with Gasteiger partial charge >= 0.3 is 0 Å². The van der Waals surface area contributed by atoms with Crippen molar-refractivity contribution in [2.75, 3.05) is 19.5 Å². The maximum Gasteiger partial charge on any atom is 0.286 e. The minimum absolute atomic E-state index is 0.140. The molecule has 2 heterocycles. The summed E-state index contributed by atoms with van der Waals surface area (Å²) in [5, 5.41) is 16.2. The molecule has 0 atom stereocenters. The number of ether oxygens (including phenoxy) is 2. The highest BCUT2D eigenvalue weighted by Gasteiger charge is 2.25. The molecule has 0 aliphatic rings. The van der Waals surface area contributed by atoms with Gasteiger partial charge in [-0.3, -0.25) is 19.3 Å². The van der Waals surface area contributed by atoms with Crippen molar-refractivity contribution < 1.29 is 19.2 Å². The Kier molecular flexibility index (Phi) is 5.07. The normalized spacial score (nSPS) is 10.7. The van der Waals surface area contributed by atoms with Crippen LogP contribution in [0.1, 0.15) is 10.4 Å². The van der Waals surface area contributed by atoms with Crippen molar-refractivity contribution in [2.45, 2.75) is 0 Å². The number of fused-ring (bicyclic) bond motifs is 1. The number of benzene rings is 2. The second-order valence-corrected chi connectivity index (χ2v) is 7.07. The lowest BCUT2D eigenvalue weighted by Gasteiger charge is -2.12. The summed E-state index contributed by atoms with van der Waals surface area (Å²) < 4.78 is 12.2. The van der Waals surface area contributed by atoms with Crippen LogP contribution in [-0.4, -0.2) is 34.4 Å². The van der Waals surface area contributed by atoms with E-state index < -0.39 is 10.8 Å². The minimum atomic E-state index is -0.642. The van der Waals surface area contributed by atoms with Crippen LogP contribution in [0.5, 0.6) is 11.5 Å². The van der Waals surface area contributed by atoms with Gasteiger partial charge in [0.15, 0.2) is 16.5 Å². The monoisotopic (exact) mass is 424 g/mol. The summed E-state index contributed by atoms with van der Waals surface area (Å²) in [6.45, 7) is 0. The van der Waals surface area contributed by atoms with Crippen molar-refractivity contribution in [3.63, 3.8) is 0 Å². The summed E-state index contributed by atoms with van der Waals surface area (Å²) in [6.07, 6.45) is 3.75. The number of nitro groups is 1. The summed E-state index contributed by atoms with van der Waals surface area (Å²) in [7, 11) is 2.76. The molecular formula is C20H16N4O5S. The van der Waals surface area contributed by atoms with Crippen LogP contribution in [0, 0.1) is 10.1 Å². The van der Waals surface area contributed by atoms with Gasteiger partial charge in [0.25, 0.3) is 11.6 Å². The smallest absolute Gasteiger partial charge is 0.286 e. The summed E-state index contributed by atoms with van der Waals surface area (Å²) in [6, 6.07) is 9.60. The van der Waals surface area contributed by atoms with Crippen molar-refractivity contribution >= 4 is 33.6 Å². The quantitative estimate of drug-likeness (QED) is 0.366. The van der Waals surface area contributed by atoms with Crippen molar-refractivity contribution in [1.82, 2.24) is 9.38 Å². The molecular weight excluding hydrogens is 408 g/mol. The molecule has 4 aromatic rings. The summed E-state index contributed by atoms with van der Waals surface area (Å²) in [5.41, 5.74) is 1.34. The molecule has 4 rings (SSSR count). The van der Waals surface area contributed by atoms with E-state index >= 15 is 0 Å². The standard InChI is InChI=1S/C20H16N4O5S/c1-28-17-9-13(16(24(26)27)10-18(17)29-2)19(25)21-14-6-4-3-5-12(14)15-11-23-7-8-30-20(23)22-15/h3-11H,1-2H3,(H,21,25). The summed E-state index contributed by atoms with van der Waals surface area (Å²) in [5.74, 6) is -0.258. The lowest BCUT2D eigenvalue weighted by molar-refractivity contribution is -0.385. The first-order valence-electron chi connectivity index (χ1n) is 8.75. The number of imidazole rings is 1. The topological polar surface area (TPSA) is 108 Å². The zero-order valence-corrected chi connectivity index (χ0v) is 16.8. The first-order chi connectivity index (χ1) is 14.5. The third kappa shape index (κ3) is 3.44. The van der Waals surface area contributed by atoms with E-state index in [4.69, 9.17) is 9.47 Å². The third-order valence-corrected chi connectivity index (χ3v) is 5.26. The second-order valence-electron chi connectivity index (χ2n) is 6.20. The Bertz CT molecular complexity index is 1230. The minimum Gasteiger partial charge on any atom is -0.493 e. The molecule has 0 bridgehead atoms. The highest BCUT2D eigenvalue weighted by molar-refractivity contribution is 7.15. The molecule has 0 radical (unpaired) electrons. The third-order valence-electron chi connectivity index (χ3n) is 4.49. The zero-order chi connectivity index (χ0) is 21.3. The molecule has 0 aliphatic heterocycles. The molecule has 1 amide bonds. The Labute approximate surface area is 174 Å². The largest absolute Gasteiger partial charge is 0.493 e. The fourth-order valence-electron chi connectivity index (χ4n) is 3.06. The van der Waals surface area contributed by atoms with E-state index in [1.165, 1.54) is 37.7 Å². The van der Waals surface area contributed by atoms with Gasteiger partial charge in [-0.05, 0) is 6.07 Å². The number of nitrogens with zero attached hydrogens (tertiary/aromatic N) is 3. The average Bonchev–Trinajstić information content (AvgIpc) is 3.35. The molecule has 152 valence electrons. The molecule has 1 N–H and O–H groups in total. The number of amides is 1. The lowest BCUT2D eigenvalue weighted by Crippen LogP contribution is -2.15. The van der Waals surface area contributed by atoms with Crippen LogP contribution in [0.4, 0.5) is 11.4 Å². The van der Waals surface area contributed by atoms with Gasteiger partial charge < -0.3 is 14.8 Å². The number of nitro benzene ring substituents is 1. The number of aromatic nitrogens is 2. The van der Waals surface area contributed by atoms with E-state index in [1.807, 2.05) is 34.3 Å². The van der Waals surface area contributed by atoms with Crippen molar-refractivity contribution in [1.29, 1.82) is 0 Å². The highest BCUT2D eigenvalue weighted by atomic mass is 32.1. The van der Waals surface area contributed by atoms with E-state index in [9.17, 15) is 14.9 Å². The van der Waals surface area contributed by atoms with Gasteiger partial charge in [0, 0.05) is 29.4 Å². The van der Waals surface area contributed by atoms with Gasteiger partial charge in [-0.2, -0.15) is 0 Å². The van der Waals surface area contributed by atoms with Gasteiger partial charge in [0.2, 0.25) is 0 Å². The van der Waals surface area contributed by atoms with Crippen LogP contribution in [0.3, 0.4) is 0 Å². The van der Waals surface area contributed by atoms with E-state index in [0.29, 0.717) is 16.9 Å². The van der Waals surface area contributed by atoms with E-state index in [-0.39, 0.29) is 22.7 Å². The fraction of sp³-hybridized carbons (Fsp3) is 0.100. The molecule has 2 aromatic carbocycles. The van der Waals surface area contributed by atoms with Crippen molar-refractivity contribution in [2.24, 2.45) is 0 Å². The van der Waals surface area contributed by atoms with E-state index in [1.54, 1.807) is 12.1 Å². The summed E-state index contributed by atoms with van der Waals surface area (Å²) >= 11 is 1.50. The number of hydrogen-bond acceptors (Lipinski definition) is 7. The van der Waals surface area contributed by atoms with E-state index in [2.05, 4.69) is 10.3 Å². The van der Waals surface area contributed by atoms with Gasteiger partial charge in [0.1, 0.15) is 5.56 Å². The van der Waals surface area contributed by atoms with Gasteiger partial charge in [0.05, 0.1) is 36.6 Å². The van der Waals surface area contributed by atoms with Crippen LogP contribution >= 0.6 is 11.3 Å². The number of para-hydroxylation sites is 1. The molecule has 0 unspecified atom stereocenters. The maximum atomic E-state index is 13.0. The summed E-state index contributed by atoms with van der Waals surface area (Å²) in [4.78, 5) is 29.3. The fourth-order valence-corrected chi connectivity index (χ4v) is 3.76. The number of rotatable bonds is 6. The predicted octanol–water partition coefficient (Wildman–Crippen LogP) is 4.24. The Morgan fingerprint density at radius 3 is 2.63 bits per heavy atom.